The molecule has 0 saturated carbocycles. The Hall–Kier alpha value is -2.38. The van der Waals surface area contributed by atoms with Gasteiger partial charge in [0.05, 0.1) is 19.8 Å². The maximum absolute atomic E-state index is 13.4. The van der Waals surface area contributed by atoms with Crippen LogP contribution in [-0.2, 0) is 11.2 Å². The zero-order chi connectivity index (χ0) is 22.3. The molecule has 2 aromatic carbocycles. The van der Waals surface area contributed by atoms with Crippen molar-refractivity contribution >= 4 is 35.2 Å². The van der Waals surface area contributed by atoms with Gasteiger partial charge in [0.2, 0.25) is 5.91 Å². The van der Waals surface area contributed by atoms with Crippen LogP contribution in [0.2, 0.25) is 5.02 Å². The van der Waals surface area contributed by atoms with Gasteiger partial charge in [0.15, 0.2) is 11.5 Å². The summed E-state index contributed by atoms with van der Waals surface area (Å²) in [5, 5.41) is 3.47. The number of rotatable bonds is 6. The van der Waals surface area contributed by atoms with Gasteiger partial charge < -0.3 is 19.7 Å². The number of fused-ring (bicyclic) bond motifs is 3. The number of methoxy groups -OCH3 is 2. The van der Waals surface area contributed by atoms with E-state index >= 15 is 0 Å². The smallest absolute Gasteiger partial charge is 0.260 e. The molecule has 2 amide bonds. The Morgan fingerprint density at radius 1 is 1.16 bits per heavy atom. The third kappa shape index (κ3) is 3.74. The molecule has 1 saturated heterocycles. The lowest BCUT2D eigenvalue weighted by molar-refractivity contribution is -0.126. The van der Waals surface area contributed by atoms with E-state index in [2.05, 4.69) is 5.32 Å². The summed E-state index contributed by atoms with van der Waals surface area (Å²) >= 11 is 7.55. The second kappa shape index (κ2) is 8.28. The first-order chi connectivity index (χ1) is 14.8. The van der Waals surface area contributed by atoms with Crippen molar-refractivity contribution in [3.63, 3.8) is 0 Å². The number of nitrogens with zero attached hydrogens (tertiary/aromatic N) is 1. The van der Waals surface area contributed by atoms with Crippen LogP contribution in [0.1, 0.15) is 40.7 Å². The van der Waals surface area contributed by atoms with E-state index in [0.29, 0.717) is 35.1 Å². The van der Waals surface area contributed by atoms with Gasteiger partial charge in [-0.15, -0.1) is 11.8 Å². The lowest BCUT2D eigenvalue weighted by Crippen LogP contribution is -2.52. The number of benzene rings is 2. The minimum absolute atomic E-state index is 0.152. The summed E-state index contributed by atoms with van der Waals surface area (Å²) in [6.45, 7) is 4.49. The van der Waals surface area contributed by atoms with Crippen LogP contribution in [0.4, 0.5) is 0 Å². The molecule has 0 aliphatic carbocycles. The maximum Gasteiger partial charge on any atom is 0.260 e. The number of hydrogen-bond acceptors (Lipinski definition) is 5. The van der Waals surface area contributed by atoms with E-state index in [1.54, 1.807) is 23.8 Å². The minimum Gasteiger partial charge on any atom is -0.493 e. The summed E-state index contributed by atoms with van der Waals surface area (Å²) in [4.78, 5) is 28.4. The number of amides is 2. The standard InChI is InChI=1S/C23H25ClN2O4S/c1-23(2)19(20(27)25-12-11-13-5-7-14(24)8-6-13)26-21(28)17-15(22(26)31-23)9-10-16(29-3)18(17)30-4/h5-10,19,22H,11-12H2,1-4H3,(H,25,27). The predicted molar refractivity (Wildman–Crippen MR) is 122 cm³/mol. The van der Waals surface area contributed by atoms with Crippen molar-refractivity contribution in [1.82, 2.24) is 10.2 Å². The number of ether oxygens (including phenoxy) is 2. The van der Waals surface area contributed by atoms with Crippen molar-refractivity contribution in [3.05, 3.63) is 58.1 Å². The lowest BCUT2D eigenvalue weighted by atomic mass is 10.0. The molecule has 31 heavy (non-hydrogen) atoms. The number of carbonyl (C=O) groups excluding carboxylic acids is 2. The van der Waals surface area contributed by atoms with E-state index in [1.165, 1.54) is 7.11 Å². The van der Waals surface area contributed by atoms with Gasteiger partial charge in [-0.25, -0.2) is 0 Å². The fourth-order valence-corrected chi connectivity index (χ4v) is 6.04. The summed E-state index contributed by atoms with van der Waals surface area (Å²) < 4.78 is 10.4. The second-order valence-electron chi connectivity index (χ2n) is 8.12. The van der Waals surface area contributed by atoms with Crippen molar-refractivity contribution in [2.45, 2.75) is 36.4 Å². The number of nitrogens with one attached hydrogen (secondary N) is 1. The molecule has 164 valence electrons. The van der Waals surface area contributed by atoms with E-state index in [0.717, 1.165) is 11.1 Å². The molecule has 2 aliphatic heterocycles. The van der Waals surface area contributed by atoms with Crippen LogP contribution in [0, 0.1) is 0 Å². The fraction of sp³-hybridized carbons (Fsp3) is 0.391. The van der Waals surface area contributed by atoms with Crippen molar-refractivity contribution in [3.8, 4) is 11.5 Å². The fourth-order valence-electron chi connectivity index (χ4n) is 4.33. The summed E-state index contributed by atoms with van der Waals surface area (Å²) in [7, 11) is 3.06. The van der Waals surface area contributed by atoms with Crippen molar-refractivity contribution in [2.75, 3.05) is 20.8 Å². The van der Waals surface area contributed by atoms with Crippen LogP contribution in [0.3, 0.4) is 0 Å². The Kier molecular flexibility index (Phi) is 5.83. The van der Waals surface area contributed by atoms with Gasteiger partial charge in [0.1, 0.15) is 11.4 Å². The Morgan fingerprint density at radius 3 is 2.52 bits per heavy atom. The monoisotopic (exact) mass is 460 g/mol. The lowest BCUT2D eigenvalue weighted by Gasteiger charge is -2.29. The van der Waals surface area contributed by atoms with Crippen LogP contribution in [0.5, 0.6) is 11.5 Å². The zero-order valence-corrected chi connectivity index (χ0v) is 19.5. The van der Waals surface area contributed by atoms with Gasteiger partial charge in [-0.3, -0.25) is 9.59 Å². The molecule has 0 spiro atoms. The van der Waals surface area contributed by atoms with Gasteiger partial charge in [0.25, 0.3) is 5.91 Å². The highest BCUT2D eigenvalue weighted by Gasteiger charge is 2.58. The average molecular weight is 461 g/mol. The minimum atomic E-state index is -0.594. The van der Waals surface area contributed by atoms with Crippen molar-refractivity contribution in [1.29, 1.82) is 0 Å². The van der Waals surface area contributed by atoms with Crippen molar-refractivity contribution < 1.29 is 19.1 Å². The van der Waals surface area contributed by atoms with E-state index in [1.807, 2.05) is 50.2 Å². The van der Waals surface area contributed by atoms with E-state index in [-0.39, 0.29) is 17.2 Å². The molecule has 6 nitrogen and oxygen atoms in total. The van der Waals surface area contributed by atoms with Gasteiger partial charge in [0, 0.05) is 21.9 Å². The number of hydrogen-bond donors (Lipinski definition) is 1. The number of thioether (sulfide) groups is 1. The molecule has 2 atom stereocenters. The Bertz CT molecular complexity index is 1020. The molecule has 2 aliphatic rings. The van der Waals surface area contributed by atoms with Crippen LogP contribution >= 0.6 is 23.4 Å². The number of halogens is 1. The second-order valence-corrected chi connectivity index (χ2v) is 10.3. The van der Waals surface area contributed by atoms with Gasteiger partial charge in [-0.1, -0.05) is 29.8 Å². The molecule has 4 rings (SSSR count). The van der Waals surface area contributed by atoms with Crippen LogP contribution in [0.25, 0.3) is 0 Å². The molecule has 1 fully saturated rings. The third-order valence-electron chi connectivity index (χ3n) is 5.77. The molecule has 0 aromatic heterocycles. The summed E-state index contributed by atoms with van der Waals surface area (Å²) in [6.07, 6.45) is 0.686. The molecule has 2 unspecified atom stereocenters. The highest BCUT2D eigenvalue weighted by atomic mass is 35.5. The molecule has 1 N–H and O–H groups in total. The quantitative estimate of drug-likeness (QED) is 0.704. The molecule has 0 radical (unpaired) electrons. The Morgan fingerprint density at radius 2 is 1.87 bits per heavy atom. The van der Waals surface area contributed by atoms with Gasteiger partial charge >= 0.3 is 0 Å². The van der Waals surface area contributed by atoms with Crippen LogP contribution in [-0.4, -0.2) is 48.3 Å². The third-order valence-corrected chi connectivity index (χ3v) is 7.56. The maximum atomic E-state index is 13.4. The van der Waals surface area contributed by atoms with Crippen molar-refractivity contribution in [2.24, 2.45) is 0 Å². The first-order valence-corrected chi connectivity index (χ1v) is 11.3. The van der Waals surface area contributed by atoms with Gasteiger partial charge in [-0.2, -0.15) is 0 Å². The van der Waals surface area contributed by atoms with E-state index in [9.17, 15) is 9.59 Å². The highest BCUT2D eigenvalue weighted by molar-refractivity contribution is 8.01. The molecule has 2 heterocycles. The normalized spacial score (nSPS) is 20.9. The first-order valence-electron chi connectivity index (χ1n) is 10.1. The molecular formula is C23H25ClN2O4S. The van der Waals surface area contributed by atoms with E-state index in [4.69, 9.17) is 21.1 Å². The molecular weight excluding hydrogens is 436 g/mol. The predicted octanol–water partition coefficient (Wildman–Crippen LogP) is 4.06. The Labute approximate surface area is 191 Å². The molecule has 8 heteroatoms. The largest absolute Gasteiger partial charge is 0.493 e. The SMILES string of the molecule is COc1ccc2c(c1OC)C(=O)N1C2SC(C)(C)C1C(=O)NCCc1ccc(Cl)cc1. The van der Waals surface area contributed by atoms with Gasteiger partial charge in [-0.05, 0) is 44.0 Å². The average Bonchev–Trinajstić information content (AvgIpc) is 3.17. The van der Waals surface area contributed by atoms with E-state index < -0.39 is 10.8 Å². The first kappa shape index (κ1) is 21.8. The van der Waals surface area contributed by atoms with Crippen LogP contribution < -0.4 is 14.8 Å². The summed E-state index contributed by atoms with van der Waals surface area (Å²) in [6, 6.07) is 10.7. The number of carbonyl (C=O) groups is 2. The zero-order valence-electron chi connectivity index (χ0n) is 17.9. The molecule has 0 bridgehead atoms. The highest BCUT2D eigenvalue weighted by Crippen LogP contribution is 2.58. The summed E-state index contributed by atoms with van der Waals surface area (Å²) in [5.74, 6) is 0.566. The summed E-state index contributed by atoms with van der Waals surface area (Å²) in [5.41, 5.74) is 2.43. The topological polar surface area (TPSA) is 67.9 Å². The molecule has 2 aromatic rings. The Balaban J connectivity index is 1.55. The van der Waals surface area contributed by atoms with Crippen LogP contribution in [0.15, 0.2) is 36.4 Å².